The summed E-state index contributed by atoms with van der Waals surface area (Å²) in [6.07, 6.45) is -4.55. The third-order valence-electron chi connectivity index (χ3n) is 3.36. The monoisotopic (exact) mass is 399 g/mol. The molecule has 0 radical (unpaired) electrons. The van der Waals surface area contributed by atoms with E-state index in [4.69, 9.17) is 0 Å². The molecule has 0 aliphatic carbocycles. The second-order valence-corrected chi connectivity index (χ2v) is 6.45. The normalized spacial score (nSPS) is 12.1. The molecular formula is C17H16F3N3O3S. The lowest BCUT2D eigenvalue weighted by Gasteiger charge is -2.16. The lowest BCUT2D eigenvalue weighted by atomic mass is 10.1. The van der Waals surface area contributed by atoms with Crippen molar-refractivity contribution in [3.05, 3.63) is 52.2 Å². The number of amides is 3. The summed E-state index contributed by atoms with van der Waals surface area (Å²) >= 11 is 1.21. The highest BCUT2D eigenvalue weighted by Crippen LogP contribution is 2.17. The third-order valence-corrected chi connectivity index (χ3v) is 4.23. The SMILES string of the molecule is CC(NC(=O)c1cccs1)C(=O)Nc1ccccc1C(=O)NCC(F)(F)F. The predicted octanol–water partition coefficient (Wildman–Crippen LogP) is 2.80. The minimum atomic E-state index is -4.55. The van der Waals surface area contributed by atoms with Crippen LogP contribution in [0.2, 0.25) is 0 Å². The highest BCUT2D eigenvalue weighted by Gasteiger charge is 2.28. The van der Waals surface area contributed by atoms with Gasteiger partial charge in [-0.05, 0) is 30.5 Å². The maximum atomic E-state index is 12.3. The molecule has 1 unspecified atom stereocenters. The molecule has 0 aliphatic rings. The number of carbonyl (C=O) groups excluding carboxylic acids is 3. The van der Waals surface area contributed by atoms with Crippen molar-refractivity contribution in [1.29, 1.82) is 0 Å². The van der Waals surface area contributed by atoms with E-state index in [-0.39, 0.29) is 11.3 Å². The van der Waals surface area contributed by atoms with Crippen molar-refractivity contribution in [1.82, 2.24) is 10.6 Å². The number of para-hydroxylation sites is 1. The van der Waals surface area contributed by atoms with Crippen LogP contribution in [0.1, 0.15) is 27.0 Å². The Balaban J connectivity index is 2.02. The van der Waals surface area contributed by atoms with Gasteiger partial charge in [-0.15, -0.1) is 11.3 Å². The number of carbonyl (C=O) groups is 3. The number of hydrogen-bond acceptors (Lipinski definition) is 4. The topological polar surface area (TPSA) is 87.3 Å². The number of hydrogen-bond donors (Lipinski definition) is 3. The minimum absolute atomic E-state index is 0.0411. The van der Waals surface area contributed by atoms with Crippen molar-refractivity contribution >= 4 is 34.7 Å². The van der Waals surface area contributed by atoms with E-state index in [2.05, 4.69) is 10.6 Å². The number of thiophene rings is 1. The Morgan fingerprint density at radius 1 is 1.07 bits per heavy atom. The van der Waals surface area contributed by atoms with Gasteiger partial charge in [-0.25, -0.2) is 0 Å². The van der Waals surface area contributed by atoms with Gasteiger partial charge >= 0.3 is 6.18 Å². The van der Waals surface area contributed by atoms with Crippen molar-refractivity contribution in [2.75, 3.05) is 11.9 Å². The van der Waals surface area contributed by atoms with E-state index in [0.29, 0.717) is 4.88 Å². The third kappa shape index (κ3) is 6.10. The van der Waals surface area contributed by atoms with Crippen LogP contribution in [0, 0.1) is 0 Å². The Morgan fingerprint density at radius 3 is 2.41 bits per heavy atom. The van der Waals surface area contributed by atoms with Crippen molar-refractivity contribution in [3.63, 3.8) is 0 Å². The van der Waals surface area contributed by atoms with E-state index in [0.717, 1.165) is 0 Å². The maximum absolute atomic E-state index is 12.3. The predicted molar refractivity (Wildman–Crippen MR) is 94.7 cm³/mol. The zero-order chi connectivity index (χ0) is 20.0. The van der Waals surface area contributed by atoms with Gasteiger partial charge in [0.1, 0.15) is 12.6 Å². The second kappa shape index (κ2) is 8.67. The van der Waals surface area contributed by atoms with Crippen LogP contribution >= 0.6 is 11.3 Å². The number of anilines is 1. The van der Waals surface area contributed by atoms with E-state index >= 15 is 0 Å². The molecule has 3 N–H and O–H groups in total. The quantitative estimate of drug-likeness (QED) is 0.698. The van der Waals surface area contributed by atoms with Crippen LogP contribution in [-0.2, 0) is 4.79 Å². The van der Waals surface area contributed by atoms with Crippen LogP contribution in [0.3, 0.4) is 0 Å². The summed E-state index contributed by atoms with van der Waals surface area (Å²) < 4.78 is 36.8. The van der Waals surface area contributed by atoms with Crippen LogP contribution in [0.25, 0.3) is 0 Å². The van der Waals surface area contributed by atoms with Gasteiger partial charge in [-0.2, -0.15) is 13.2 Å². The van der Waals surface area contributed by atoms with E-state index in [1.807, 2.05) is 0 Å². The lowest BCUT2D eigenvalue weighted by Crippen LogP contribution is -2.41. The molecule has 0 bridgehead atoms. The molecule has 6 nitrogen and oxygen atoms in total. The molecule has 1 atom stereocenters. The number of halogens is 3. The Morgan fingerprint density at radius 2 is 1.78 bits per heavy atom. The second-order valence-electron chi connectivity index (χ2n) is 5.51. The van der Waals surface area contributed by atoms with Gasteiger partial charge in [0.2, 0.25) is 5.91 Å². The largest absolute Gasteiger partial charge is 0.405 e. The number of alkyl halides is 3. The molecular weight excluding hydrogens is 383 g/mol. The summed E-state index contributed by atoms with van der Waals surface area (Å²) in [5.41, 5.74) is -0.0775. The van der Waals surface area contributed by atoms with Crippen LogP contribution in [0.5, 0.6) is 0 Å². The first-order valence-corrected chi connectivity index (χ1v) is 8.64. The Hall–Kier alpha value is -2.88. The first-order valence-electron chi connectivity index (χ1n) is 7.76. The molecule has 2 rings (SSSR count). The maximum Gasteiger partial charge on any atom is 0.405 e. The average Bonchev–Trinajstić information content (AvgIpc) is 3.14. The standard InChI is InChI=1S/C17H16F3N3O3S/c1-10(22-16(26)13-7-4-8-27-13)14(24)23-12-6-3-2-5-11(12)15(25)21-9-17(18,19)20/h2-8,10H,9H2,1H3,(H,21,25)(H,22,26)(H,23,24). The molecule has 3 amide bonds. The van der Waals surface area contributed by atoms with E-state index in [1.165, 1.54) is 42.5 Å². The highest BCUT2D eigenvalue weighted by molar-refractivity contribution is 7.12. The van der Waals surface area contributed by atoms with E-state index in [9.17, 15) is 27.6 Å². The van der Waals surface area contributed by atoms with Gasteiger partial charge < -0.3 is 16.0 Å². The summed E-state index contributed by atoms with van der Waals surface area (Å²) in [4.78, 5) is 36.6. The molecule has 1 heterocycles. The Labute approximate surface area is 156 Å². The fraction of sp³-hybridized carbons (Fsp3) is 0.235. The molecule has 2 aromatic rings. The smallest absolute Gasteiger partial charge is 0.343 e. The van der Waals surface area contributed by atoms with Crippen molar-refractivity contribution < 1.29 is 27.6 Å². The molecule has 1 aromatic carbocycles. The molecule has 144 valence electrons. The molecule has 0 fully saturated rings. The van der Waals surface area contributed by atoms with Crippen molar-refractivity contribution in [3.8, 4) is 0 Å². The van der Waals surface area contributed by atoms with E-state index < -0.39 is 36.5 Å². The summed E-state index contributed by atoms with van der Waals surface area (Å²) in [6, 6.07) is 8.02. The highest BCUT2D eigenvalue weighted by atomic mass is 32.1. The van der Waals surface area contributed by atoms with Crippen molar-refractivity contribution in [2.24, 2.45) is 0 Å². The summed E-state index contributed by atoms with van der Waals surface area (Å²) in [6.45, 7) is -0.0332. The molecule has 10 heteroatoms. The number of rotatable bonds is 6. The summed E-state index contributed by atoms with van der Waals surface area (Å²) in [5.74, 6) is -2.02. The van der Waals surface area contributed by atoms with Crippen LogP contribution in [-0.4, -0.2) is 36.5 Å². The zero-order valence-electron chi connectivity index (χ0n) is 14.1. The van der Waals surface area contributed by atoms with E-state index in [1.54, 1.807) is 22.8 Å². The van der Waals surface area contributed by atoms with Crippen LogP contribution in [0.4, 0.5) is 18.9 Å². The summed E-state index contributed by atoms with van der Waals surface area (Å²) in [7, 11) is 0. The van der Waals surface area contributed by atoms with Crippen molar-refractivity contribution in [2.45, 2.75) is 19.1 Å². The van der Waals surface area contributed by atoms with Gasteiger partial charge in [-0.1, -0.05) is 18.2 Å². The molecule has 0 aliphatic heterocycles. The zero-order valence-corrected chi connectivity index (χ0v) is 14.9. The summed E-state index contributed by atoms with van der Waals surface area (Å²) in [5, 5.41) is 8.42. The van der Waals surface area contributed by atoms with Gasteiger partial charge in [0.05, 0.1) is 16.1 Å². The molecule has 0 saturated heterocycles. The van der Waals surface area contributed by atoms with Crippen LogP contribution in [0.15, 0.2) is 41.8 Å². The Bertz CT molecular complexity index is 822. The molecule has 1 aromatic heterocycles. The average molecular weight is 399 g/mol. The molecule has 0 spiro atoms. The van der Waals surface area contributed by atoms with Gasteiger partial charge in [0, 0.05) is 0 Å². The lowest BCUT2D eigenvalue weighted by molar-refractivity contribution is -0.123. The fourth-order valence-corrected chi connectivity index (χ4v) is 2.67. The first kappa shape index (κ1) is 20.4. The van der Waals surface area contributed by atoms with Gasteiger partial charge in [-0.3, -0.25) is 14.4 Å². The van der Waals surface area contributed by atoms with Gasteiger partial charge in [0.25, 0.3) is 11.8 Å². The molecule has 27 heavy (non-hydrogen) atoms. The number of nitrogens with one attached hydrogen (secondary N) is 3. The fourth-order valence-electron chi connectivity index (χ4n) is 2.05. The first-order chi connectivity index (χ1) is 12.7. The van der Waals surface area contributed by atoms with Crippen LogP contribution < -0.4 is 16.0 Å². The Kier molecular flexibility index (Phi) is 6.56. The minimum Gasteiger partial charge on any atom is -0.343 e. The molecule has 0 saturated carbocycles. The number of benzene rings is 1. The van der Waals surface area contributed by atoms with Gasteiger partial charge in [0.15, 0.2) is 0 Å².